The van der Waals surface area contributed by atoms with Crippen molar-refractivity contribution in [1.82, 2.24) is 15.5 Å². The number of rotatable bonds is 5. The lowest BCUT2D eigenvalue weighted by Gasteiger charge is -2.15. The average molecular weight is 345 g/mol. The number of hydrogen-bond donors (Lipinski definition) is 2. The van der Waals surface area contributed by atoms with Crippen LogP contribution in [0.2, 0.25) is 0 Å². The molecule has 3 nitrogen and oxygen atoms in total. The number of hydrogen-bond acceptors (Lipinski definition) is 2. The Balaban J connectivity index is 1.58. The number of nitrogens with zero attached hydrogens (tertiary/aromatic N) is 1. The summed E-state index contributed by atoms with van der Waals surface area (Å²) in [5, 5.41) is 13.3. The molecule has 0 amide bonds. The number of fused-ring (bicyclic) bond motifs is 1. The predicted molar refractivity (Wildman–Crippen MR) is 103 cm³/mol. The SMILES string of the molecule is CC(NCc1cn[nH]c1-c1cccc2ccccc12)c1ccc(F)cc1. The average Bonchev–Trinajstić information content (AvgIpc) is 3.14. The molecule has 4 rings (SSSR count). The van der Waals surface area contributed by atoms with E-state index in [1.165, 1.54) is 22.9 Å². The van der Waals surface area contributed by atoms with Gasteiger partial charge in [-0.25, -0.2) is 4.39 Å². The number of H-pyrrole nitrogens is 1. The van der Waals surface area contributed by atoms with Gasteiger partial charge in [0.25, 0.3) is 0 Å². The lowest BCUT2D eigenvalue weighted by atomic mass is 10.00. The molecule has 0 fully saturated rings. The van der Waals surface area contributed by atoms with Crippen molar-refractivity contribution in [3.63, 3.8) is 0 Å². The fourth-order valence-electron chi connectivity index (χ4n) is 3.25. The first-order valence-corrected chi connectivity index (χ1v) is 8.71. The van der Waals surface area contributed by atoms with Crippen molar-refractivity contribution >= 4 is 10.8 Å². The number of aromatic amines is 1. The maximum Gasteiger partial charge on any atom is 0.123 e. The minimum atomic E-state index is -0.214. The second kappa shape index (κ2) is 7.10. The highest BCUT2D eigenvalue weighted by atomic mass is 19.1. The van der Waals surface area contributed by atoms with Crippen LogP contribution < -0.4 is 5.32 Å². The van der Waals surface area contributed by atoms with Crippen LogP contribution in [-0.2, 0) is 6.54 Å². The summed E-state index contributed by atoms with van der Waals surface area (Å²) in [6.45, 7) is 2.75. The highest BCUT2D eigenvalue weighted by molar-refractivity contribution is 5.96. The molecule has 0 aliphatic carbocycles. The molecule has 130 valence electrons. The molecule has 1 unspecified atom stereocenters. The molecule has 0 spiro atoms. The van der Waals surface area contributed by atoms with Gasteiger partial charge in [0.2, 0.25) is 0 Å². The minimum absolute atomic E-state index is 0.117. The highest BCUT2D eigenvalue weighted by Gasteiger charge is 2.12. The van der Waals surface area contributed by atoms with E-state index in [-0.39, 0.29) is 11.9 Å². The van der Waals surface area contributed by atoms with Crippen LogP contribution in [0.4, 0.5) is 4.39 Å². The molecule has 0 saturated heterocycles. The van der Waals surface area contributed by atoms with E-state index in [0.717, 1.165) is 22.4 Å². The van der Waals surface area contributed by atoms with Gasteiger partial charge in [0.15, 0.2) is 0 Å². The van der Waals surface area contributed by atoms with Crippen molar-refractivity contribution in [2.45, 2.75) is 19.5 Å². The van der Waals surface area contributed by atoms with Crippen LogP contribution >= 0.6 is 0 Å². The van der Waals surface area contributed by atoms with Gasteiger partial charge in [0.05, 0.1) is 11.9 Å². The number of benzene rings is 3. The summed E-state index contributed by atoms with van der Waals surface area (Å²) in [6, 6.07) is 21.4. The van der Waals surface area contributed by atoms with Gasteiger partial charge in [0, 0.05) is 23.7 Å². The van der Waals surface area contributed by atoms with Crippen LogP contribution in [0.1, 0.15) is 24.1 Å². The fourth-order valence-corrected chi connectivity index (χ4v) is 3.25. The second-order valence-corrected chi connectivity index (χ2v) is 6.45. The quantitative estimate of drug-likeness (QED) is 0.521. The zero-order valence-electron chi connectivity index (χ0n) is 14.5. The summed E-state index contributed by atoms with van der Waals surface area (Å²) in [7, 11) is 0. The van der Waals surface area contributed by atoms with Gasteiger partial charge in [-0.05, 0) is 35.4 Å². The zero-order valence-corrected chi connectivity index (χ0v) is 14.5. The van der Waals surface area contributed by atoms with E-state index in [2.05, 4.69) is 58.8 Å². The zero-order chi connectivity index (χ0) is 17.9. The molecule has 3 aromatic carbocycles. The minimum Gasteiger partial charge on any atom is -0.306 e. The smallest absolute Gasteiger partial charge is 0.123 e. The van der Waals surface area contributed by atoms with Gasteiger partial charge in [-0.1, -0.05) is 54.6 Å². The Morgan fingerprint density at radius 1 is 1.00 bits per heavy atom. The van der Waals surface area contributed by atoms with Crippen LogP contribution in [0.3, 0.4) is 0 Å². The molecule has 0 aliphatic heterocycles. The van der Waals surface area contributed by atoms with Crippen molar-refractivity contribution in [3.05, 3.63) is 89.9 Å². The third-order valence-corrected chi connectivity index (χ3v) is 4.75. The van der Waals surface area contributed by atoms with E-state index >= 15 is 0 Å². The van der Waals surface area contributed by atoms with Crippen LogP contribution in [0, 0.1) is 5.82 Å². The normalized spacial score (nSPS) is 12.4. The Bertz CT molecular complexity index is 1020. The topological polar surface area (TPSA) is 40.7 Å². The summed E-state index contributed by atoms with van der Waals surface area (Å²) in [5.74, 6) is -0.214. The number of nitrogens with one attached hydrogen (secondary N) is 2. The Morgan fingerprint density at radius 3 is 2.62 bits per heavy atom. The predicted octanol–water partition coefficient (Wildman–Crippen LogP) is 5.22. The summed E-state index contributed by atoms with van der Waals surface area (Å²) < 4.78 is 13.1. The van der Waals surface area contributed by atoms with Gasteiger partial charge >= 0.3 is 0 Å². The largest absolute Gasteiger partial charge is 0.306 e. The Morgan fingerprint density at radius 2 is 1.77 bits per heavy atom. The molecule has 0 radical (unpaired) electrons. The lowest BCUT2D eigenvalue weighted by molar-refractivity contribution is 0.571. The second-order valence-electron chi connectivity index (χ2n) is 6.45. The molecule has 1 atom stereocenters. The van der Waals surface area contributed by atoms with E-state index in [4.69, 9.17) is 0 Å². The maximum absolute atomic E-state index is 13.1. The monoisotopic (exact) mass is 345 g/mol. The maximum atomic E-state index is 13.1. The summed E-state index contributed by atoms with van der Waals surface area (Å²) in [6.07, 6.45) is 1.86. The Kier molecular flexibility index (Phi) is 4.50. The molecule has 4 aromatic rings. The Hall–Kier alpha value is -2.98. The standard InChI is InChI=1S/C22H20FN3/c1-15(16-9-11-19(23)12-10-16)24-13-18-14-25-26-22(18)21-8-4-6-17-5-2-3-7-20(17)21/h2-12,14-15,24H,13H2,1H3,(H,25,26). The summed E-state index contributed by atoms with van der Waals surface area (Å²) >= 11 is 0. The van der Waals surface area contributed by atoms with Crippen LogP contribution in [0.25, 0.3) is 22.0 Å². The number of halogens is 1. The third-order valence-electron chi connectivity index (χ3n) is 4.75. The van der Waals surface area contributed by atoms with Crippen LogP contribution in [-0.4, -0.2) is 10.2 Å². The molecule has 1 aromatic heterocycles. The molecular formula is C22H20FN3. The van der Waals surface area contributed by atoms with E-state index in [0.29, 0.717) is 6.54 Å². The number of aromatic nitrogens is 2. The molecule has 4 heteroatoms. The summed E-state index contributed by atoms with van der Waals surface area (Å²) in [4.78, 5) is 0. The van der Waals surface area contributed by atoms with Crippen molar-refractivity contribution in [3.8, 4) is 11.3 Å². The highest BCUT2D eigenvalue weighted by Crippen LogP contribution is 2.29. The fraction of sp³-hybridized carbons (Fsp3) is 0.136. The van der Waals surface area contributed by atoms with Crippen LogP contribution in [0.15, 0.2) is 72.9 Å². The van der Waals surface area contributed by atoms with Gasteiger partial charge in [-0.15, -0.1) is 0 Å². The first kappa shape index (κ1) is 16.5. The van der Waals surface area contributed by atoms with Crippen molar-refractivity contribution in [2.24, 2.45) is 0 Å². The van der Waals surface area contributed by atoms with Gasteiger partial charge in [-0.3, -0.25) is 5.10 Å². The lowest BCUT2D eigenvalue weighted by Crippen LogP contribution is -2.18. The van der Waals surface area contributed by atoms with E-state index in [1.807, 2.05) is 24.4 Å². The van der Waals surface area contributed by atoms with Gasteiger partial charge in [-0.2, -0.15) is 5.10 Å². The summed E-state index contributed by atoms with van der Waals surface area (Å²) in [5.41, 5.74) is 4.34. The molecule has 26 heavy (non-hydrogen) atoms. The molecule has 0 bridgehead atoms. The van der Waals surface area contributed by atoms with Crippen molar-refractivity contribution in [1.29, 1.82) is 0 Å². The molecule has 1 heterocycles. The first-order chi connectivity index (χ1) is 12.7. The Labute approximate surface area is 151 Å². The third kappa shape index (κ3) is 3.24. The van der Waals surface area contributed by atoms with Crippen molar-refractivity contribution < 1.29 is 4.39 Å². The van der Waals surface area contributed by atoms with E-state index in [1.54, 1.807) is 0 Å². The molecule has 0 saturated carbocycles. The molecule has 2 N–H and O–H groups in total. The van der Waals surface area contributed by atoms with E-state index in [9.17, 15) is 4.39 Å². The van der Waals surface area contributed by atoms with Crippen LogP contribution in [0.5, 0.6) is 0 Å². The molecular weight excluding hydrogens is 325 g/mol. The van der Waals surface area contributed by atoms with Gasteiger partial charge < -0.3 is 5.32 Å². The van der Waals surface area contributed by atoms with Gasteiger partial charge in [0.1, 0.15) is 5.82 Å². The van der Waals surface area contributed by atoms with E-state index < -0.39 is 0 Å². The first-order valence-electron chi connectivity index (χ1n) is 8.71. The van der Waals surface area contributed by atoms with Crippen molar-refractivity contribution in [2.75, 3.05) is 0 Å². The molecule has 0 aliphatic rings.